The number of piperidine rings is 1. The van der Waals surface area contributed by atoms with E-state index in [4.69, 9.17) is 5.21 Å². The average molecular weight is 333 g/mol. The fourth-order valence-corrected chi connectivity index (χ4v) is 5.31. The molecule has 0 spiro atoms. The molecule has 0 radical (unpaired) electrons. The van der Waals surface area contributed by atoms with Crippen LogP contribution < -0.4 is 5.32 Å². The number of rotatable bonds is 2. The van der Waals surface area contributed by atoms with Gasteiger partial charge in [0.15, 0.2) is 0 Å². The molecule has 0 aliphatic carbocycles. The van der Waals surface area contributed by atoms with E-state index in [9.17, 15) is 13.2 Å². The van der Waals surface area contributed by atoms with E-state index in [1.807, 2.05) is 27.7 Å². The Hall–Kier alpha value is -0.660. The van der Waals surface area contributed by atoms with Crippen LogP contribution in [0.5, 0.6) is 0 Å². The van der Waals surface area contributed by atoms with Crippen LogP contribution in [-0.4, -0.2) is 53.2 Å². The molecule has 2 rings (SSSR count). The monoisotopic (exact) mass is 333 g/mol. The Morgan fingerprint density at radius 1 is 1.09 bits per heavy atom. The lowest BCUT2D eigenvalue weighted by molar-refractivity contribution is -0.249. The van der Waals surface area contributed by atoms with Crippen molar-refractivity contribution in [1.82, 2.24) is 10.4 Å². The molecule has 128 valence electrons. The van der Waals surface area contributed by atoms with Gasteiger partial charge in [-0.15, -0.1) is 0 Å². The van der Waals surface area contributed by atoms with Crippen molar-refractivity contribution in [2.24, 2.45) is 5.92 Å². The van der Waals surface area contributed by atoms with Gasteiger partial charge >= 0.3 is 0 Å². The Kier molecular flexibility index (Phi) is 4.63. The van der Waals surface area contributed by atoms with Crippen LogP contribution in [0.2, 0.25) is 0 Å². The maximum Gasteiger partial charge on any atom is 0.223 e. The van der Waals surface area contributed by atoms with Gasteiger partial charge in [-0.25, -0.2) is 8.42 Å². The molecule has 0 aromatic heterocycles. The molecule has 6 nitrogen and oxygen atoms in total. The first kappa shape index (κ1) is 17.7. The molecule has 3 N–H and O–H groups in total. The van der Waals surface area contributed by atoms with Gasteiger partial charge in [0.25, 0.3) is 0 Å². The summed E-state index contributed by atoms with van der Waals surface area (Å²) >= 11 is 0. The minimum absolute atomic E-state index is 0.0125. The molecule has 2 heterocycles. The minimum Gasteiger partial charge on any atom is -0.353 e. The molecular weight excluding hydrogens is 304 g/mol. The van der Waals surface area contributed by atoms with Crippen LogP contribution in [-0.2, 0) is 14.6 Å². The van der Waals surface area contributed by atoms with E-state index < -0.39 is 9.84 Å². The van der Waals surface area contributed by atoms with E-state index >= 15 is 0 Å². The molecule has 0 bridgehead atoms. The highest BCUT2D eigenvalue weighted by molar-refractivity contribution is 7.91. The summed E-state index contributed by atoms with van der Waals surface area (Å²) in [4.78, 5) is 12.6. The highest BCUT2D eigenvalue weighted by Gasteiger charge is 2.50. The van der Waals surface area contributed by atoms with Gasteiger partial charge in [0.1, 0.15) is 9.84 Å². The molecule has 0 saturated carbocycles. The van der Waals surface area contributed by atoms with Gasteiger partial charge < -0.3 is 10.5 Å². The maximum atomic E-state index is 12.6. The van der Waals surface area contributed by atoms with E-state index in [1.165, 1.54) is 0 Å². The van der Waals surface area contributed by atoms with Gasteiger partial charge in [-0.2, -0.15) is 0 Å². The van der Waals surface area contributed by atoms with Crippen molar-refractivity contribution in [1.29, 1.82) is 0 Å². The quantitative estimate of drug-likeness (QED) is 0.749. The topological polar surface area (TPSA) is 89.4 Å². The van der Waals surface area contributed by atoms with Crippen molar-refractivity contribution >= 4 is 15.7 Å². The lowest BCUT2D eigenvalue weighted by atomic mass is 9.75. The van der Waals surface area contributed by atoms with Crippen molar-refractivity contribution in [3.05, 3.63) is 0 Å². The molecule has 0 aromatic carbocycles. The molecule has 2 aliphatic rings. The Labute approximate surface area is 133 Å². The SMILES string of the molecule is CC1(C)CC(C(=O)NC2CCS(=O)(=O)CC2)CC(C)(C)N1[OH2+]. The molecule has 7 heteroatoms. The zero-order chi connectivity index (χ0) is 16.8. The predicted molar refractivity (Wildman–Crippen MR) is 86.2 cm³/mol. The van der Waals surface area contributed by atoms with Crippen LogP contribution in [0.15, 0.2) is 0 Å². The maximum absolute atomic E-state index is 12.6. The van der Waals surface area contributed by atoms with Crippen LogP contribution in [0.1, 0.15) is 53.4 Å². The van der Waals surface area contributed by atoms with E-state index in [2.05, 4.69) is 5.32 Å². The third-order valence-electron chi connectivity index (χ3n) is 4.97. The molecule has 2 aliphatic heterocycles. The van der Waals surface area contributed by atoms with Gasteiger partial charge in [-0.05, 0) is 53.4 Å². The van der Waals surface area contributed by atoms with Crippen molar-refractivity contribution < 1.29 is 18.4 Å². The van der Waals surface area contributed by atoms with Crippen LogP contribution in [0.3, 0.4) is 0 Å². The fourth-order valence-electron chi connectivity index (χ4n) is 3.82. The molecule has 0 aromatic rings. The summed E-state index contributed by atoms with van der Waals surface area (Å²) < 4.78 is 22.9. The predicted octanol–water partition coefficient (Wildman–Crippen LogP) is 0.589. The van der Waals surface area contributed by atoms with Crippen molar-refractivity contribution in [3.63, 3.8) is 0 Å². The van der Waals surface area contributed by atoms with Gasteiger partial charge in [-0.3, -0.25) is 4.79 Å². The molecule has 2 saturated heterocycles. The van der Waals surface area contributed by atoms with E-state index in [0.717, 1.165) is 0 Å². The molecule has 0 atom stereocenters. The van der Waals surface area contributed by atoms with E-state index in [0.29, 0.717) is 25.7 Å². The fraction of sp³-hybridized carbons (Fsp3) is 0.933. The molecular formula is C15H29N2O4S+. The van der Waals surface area contributed by atoms with Gasteiger partial charge in [-0.1, -0.05) is 5.06 Å². The highest BCUT2D eigenvalue weighted by Crippen LogP contribution is 2.40. The van der Waals surface area contributed by atoms with Crippen LogP contribution in [0, 0.1) is 5.92 Å². The number of hydrogen-bond acceptors (Lipinski definition) is 4. The number of nitrogens with zero attached hydrogens (tertiary/aromatic N) is 1. The van der Waals surface area contributed by atoms with E-state index in [1.54, 1.807) is 5.06 Å². The summed E-state index contributed by atoms with van der Waals surface area (Å²) in [7, 11) is -2.90. The standard InChI is InChI=1S/C15H28N2O4S/c1-14(2)9-11(10-15(3,4)17(14)19)13(18)16-12-5-7-22(20,21)8-6-12/h11-12,19H,5-10H2,1-4H3,(H,16,18)/p+1. The summed E-state index contributed by atoms with van der Waals surface area (Å²) in [6, 6.07) is -0.0312. The van der Waals surface area contributed by atoms with E-state index in [-0.39, 0.29) is 40.5 Å². The summed E-state index contributed by atoms with van der Waals surface area (Å²) in [5.74, 6) is 0.226. The Bertz CT molecular complexity index is 510. The number of hydrogen-bond donors (Lipinski definition) is 1. The average Bonchev–Trinajstić information content (AvgIpc) is 2.37. The van der Waals surface area contributed by atoms with Gasteiger partial charge in [0, 0.05) is 12.0 Å². The lowest BCUT2D eigenvalue weighted by Gasteiger charge is -2.47. The van der Waals surface area contributed by atoms with Crippen LogP contribution >= 0.6 is 0 Å². The molecule has 1 amide bonds. The third-order valence-corrected chi connectivity index (χ3v) is 6.69. The zero-order valence-electron chi connectivity index (χ0n) is 14.0. The Morgan fingerprint density at radius 2 is 1.55 bits per heavy atom. The Morgan fingerprint density at radius 3 is 2.00 bits per heavy atom. The molecule has 2 fully saturated rings. The zero-order valence-corrected chi connectivity index (χ0v) is 14.8. The normalized spacial score (nSPS) is 29.1. The second-order valence-corrected chi connectivity index (χ2v) is 10.3. The smallest absolute Gasteiger partial charge is 0.223 e. The number of hydroxylamine groups is 2. The number of carbonyl (C=O) groups is 1. The second-order valence-electron chi connectivity index (χ2n) is 8.00. The summed E-state index contributed by atoms with van der Waals surface area (Å²) in [5, 5.41) is 12.9. The largest absolute Gasteiger partial charge is 0.353 e. The minimum atomic E-state index is -2.90. The highest BCUT2D eigenvalue weighted by atomic mass is 32.2. The summed E-state index contributed by atoms with van der Waals surface area (Å²) in [6.07, 6.45) is 2.32. The van der Waals surface area contributed by atoms with Crippen molar-refractivity contribution in [2.75, 3.05) is 11.5 Å². The lowest BCUT2D eigenvalue weighted by Crippen LogP contribution is -2.61. The van der Waals surface area contributed by atoms with Gasteiger partial charge in [0.05, 0.1) is 22.6 Å². The molecule has 0 unspecified atom stereocenters. The van der Waals surface area contributed by atoms with Gasteiger partial charge in [0.2, 0.25) is 5.91 Å². The van der Waals surface area contributed by atoms with Crippen molar-refractivity contribution in [3.8, 4) is 0 Å². The molecule has 22 heavy (non-hydrogen) atoms. The summed E-state index contributed by atoms with van der Waals surface area (Å²) in [6.45, 7) is 7.98. The summed E-state index contributed by atoms with van der Waals surface area (Å²) in [5.41, 5.74) is -0.695. The second kappa shape index (κ2) is 5.76. The van der Waals surface area contributed by atoms with Crippen molar-refractivity contribution in [2.45, 2.75) is 70.5 Å². The number of carbonyl (C=O) groups excluding carboxylic acids is 1. The first-order valence-electron chi connectivity index (χ1n) is 7.95. The number of sulfone groups is 1. The first-order chi connectivity index (χ1) is 9.93. The van der Waals surface area contributed by atoms with Crippen LogP contribution in [0.25, 0.3) is 0 Å². The van der Waals surface area contributed by atoms with Crippen LogP contribution in [0.4, 0.5) is 0 Å². The number of nitrogens with one attached hydrogen (secondary N) is 1. The first-order valence-corrected chi connectivity index (χ1v) is 9.77. The third kappa shape index (κ3) is 3.81. The Balaban J connectivity index is 1.98. The number of amides is 1.